The van der Waals surface area contributed by atoms with Gasteiger partial charge in [0.05, 0.1) is 62.5 Å². The van der Waals surface area contributed by atoms with Crippen molar-refractivity contribution >= 4 is 46.7 Å². The van der Waals surface area contributed by atoms with Gasteiger partial charge in [-0.05, 0) is 61.0 Å². The number of fused-ring (bicyclic) bond motifs is 3. The molecule has 4 aromatic carbocycles. The fourth-order valence-corrected chi connectivity index (χ4v) is 6.27. The molecule has 6 rings (SSSR count). The molecule has 0 bridgehead atoms. The van der Waals surface area contributed by atoms with Gasteiger partial charge in [-0.3, -0.25) is 14.6 Å². The van der Waals surface area contributed by atoms with Crippen LogP contribution in [-0.4, -0.2) is 74.4 Å². The summed E-state index contributed by atoms with van der Waals surface area (Å²) in [5.74, 6) is 4.59. The lowest BCUT2D eigenvalue weighted by atomic mass is 9.94. The van der Waals surface area contributed by atoms with E-state index in [1.165, 1.54) is 45.6 Å². The molecule has 0 saturated heterocycles. The number of nitrogens with one attached hydrogen (secondary N) is 3. The zero-order valence-electron chi connectivity index (χ0n) is 31.2. The Morgan fingerprint density at radius 1 is 0.895 bits per heavy atom. The number of anilines is 2. The lowest BCUT2D eigenvalue weighted by Crippen LogP contribution is -2.30. The number of esters is 1. The molecule has 57 heavy (non-hydrogen) atoms. The van der Waals surface area contributed by atoms with Crippen LogP contribution < -0.4 is 31.2 Å². The van der Waals surface area contributed by atoms with Crippen LogP contribution in [0, 0.1) is 17.7 Å². The summed E-state index contributed by atoms with van der Waals surface area (Å²) >= 11 is 6.43. The zero-order valence-corrected chi connectivity index (χ0v) is 31.9. The summed E-state index contributed by atoms with van der Waals surface area (Å²) in [5.41, 5.74) is 10.4. The summed E-state index contributed by atoms with van der Waals surface area (Å²) in [6.45, 7) is 0.797. The maximum absolute atomic E-state index is 15.3. The summed E-state index contributed by atoms with van der Waals surface area (Å²) in [6, 6.07) is 19.3. The van der Waals surface area contributed by atoms with E-state index in [9.17, 15) is 14.4 Å². The maximum atomic E-state index is 15.3. The molecular weight excluding hydrogens is 753 g/mol. The average Bonchev–Trinajstić information content (AvgIpc) is 3.38. The minimum atomic E-state index is -0.574. The lowest BCUT2D eigenvalue weighted by Gasteiger charge is -2.15. The number of aliphatic imine (C=N–C) groups is 1. The van der Waals surface area contributed by atoms with Crippen LogP contribution in [0.1, 0.15) is 59.7 Å². The molecule has 0 spiro atoms. The fraction of sp³-hybridized carbons (Fsp3) is 0.190. The third-order valence-electron chi connectivity index (χ3n) is 8.84. The van der Waals surface area contributed by atoms with Crippen molar-refractivity contribution in [3.63, 3.8) is 0 Å². The van der Waals surface area contributed by atoms with Gasteiger partial charge in [-0.15, -0.1) is 0 Å². The first-order valence-corrected chi connectivity index (χ1v) is 18.0. The Bertz CT molecular complexity index is 2460. The van der Waals surface area contributed by atoms with E-state index >= 15 is 4.39 Å². The standard InChI is InChI=1S/C42H37ClFN7O6/c1-55-34-9-4-8-33(44)36(34)38-32-20-27(43)11-14-30(32)37-26(22-48-38)23-49-42(51-37)50-28-12-15-31(35(21-28)56-2)40(53)47-18-6-17-46-39(52)25-10-13-29(41(54)57-3)24(19-25)7-5-16-45/h4,8-15,19-21,23H,6,16-18,22,45H2,1-3H3,(H,46,52)(H,47,53)(H,49,50,51). The highest BCUT2D eigenvalue weighted by Crippen LogP contribution is 2.36. The Morgan fingerprint density at radius 2 is 1.67 bits per heavy atom. The monoisotopic (exact) mass is 789 g/mol. The van der Waals surface area contributed by atoms with Crippen LogP contribution in [0.25, 0.3) is 11.3 Å². The minimum Gasteiger partial charge on any atom is -0.496 e. The van der Waals surface area contributed by atoms with Crippen molar-refractivity contribution in [3.05, 3.63) is 129 Å². The van der Waals surface area contributed by atoms with Crippen molar-refractivity contribution in [1.29, 1.82) is 0 Å². The van der Waals surface area contributed by atoms with Gasteiger partial charge in [0.15, 0.2) is 0 Å². The van der Waals surface area contributed by atoms with E-state index in [0.717, 1.165) is 5.56 Å². The van der Waals surface area contributed by atoms with E-state index in [1.807, 2.05) is 6.07 Å². The van der Waals surface area contributed by atoms with Gasteiger partial charge in [0.2, 0.25) is 5.95 Å². The number of carbonyl (C=O) groups is 3. The van der Waals surface area contributed by atoms with Gasteiger partial charge >= 0.3 is 5.97 Å². The molecule has 0 radical (unpaired) electrons. The third-order valence-corrected chi connectivity index (χ3v) is 9.07. The Hall–Kier alpha value is -6.82. The van der Waals surface area contributed by atoms with Gasteiger partial charge in [-0.25, -0.2) is 19.2 Å². The van der Waals surface area contributed by atoms with Crippen molar-refractivity contribution in [1.82, 2.24) is 20.6 Å². The first kappa shape index (κ1) is 39.9. The van der Waals surface area contributed by atoms with E-state index in [4.69, 9.17) is 41.5 Å². The summed E-state index contributed by atoms with van der Waals surface area (Å²) in [5, 5.41) is 9.28. The molecule has 0 aliphatic carbocycles. The molecule has 13 nitrogen and oxygen atoms in total. The zero-order chi connectivity index (χ0) is 40.5. The van der Waals surface area contributed by atoms with Crippen molar-refractivity contribution in [3.8, 4) is 34.6 Å². The van der Waals surface area contributed by atoms with Crippen molar-refractivity contribution in [2.75, 3.05) is 46.3 Å². The molecule has 2 amide bonds. The first-order valence-electron chi connectivity index (χ1n) is 17.6. The second kappa shape index (κ2) is 18.2. The summed E-state index contributed by atoms with van der Waals surface area (Å²) in [6.07, 6.45) is 2.09. The third kappa shape index (κ3) is 9.02. The van der Waals surface area contributed by atoms with Crippen LogP contribution in [0.5, 0.6) is 11.5 Å². The molecule has 1 aromatic heterocycles. The van der Waals surface area contributed by atoms with E-state index in [-0.39, 0.29) is 55.1 Å². The number of carbonyl (C=O) groups excluding carboxylic acids is 3. The molecule has 0 saturated carbocycles. The Labute approximate surface area is 332 Å². The number of hydrogen-bond donors (Lipinski definition) is 4. The quantitative estimate of drug-likeness (QED) is 0.0697. The van der Waals surface area contributed by atoms with Gasteiger partial charge in [0.1, 0.15) is 17.3 Å². The Balaban J connectivity index is 1.10. The predicted octanol–water partition coefficient (Wildman–Crippen LogP) is 5.69. The Morgan fingerprint density at radius 3 is 2.42 bits per heavy atom. The number of benzene rings is 4. The van der Waals surface area contributed by atoms with Crippen LogP contribution in [0.3, 0.4) is 0 Å². The van der Waals surface area contributed by atoms with Gasteiger partial charge in [-0.1, -0.05) is 35.6 Å². The van der Waals surface area contributed by atoms with Crippen LogP contribution in [0.2, 0.25) is 5.02 Å². The molecule has 15 heteroatoms. The molecule has 5 aromatic rings. The molecule has 0 unspecified atom stereocenters. The van der Waals surface area contributed by atoms with Crippen molar-refractivity contribution < 1.29 is 33.0 Å². The fourth-order valence-electron chi connectivity index (χ4n) is 6.10. The van der Waals surface area contributed by atoms with Gasteiger partial charge in [0, 0.05) is 63.9 Å². The van der Waals surface area contributed by atoms with E-state index < -0.39 is 11.8 Å². The van der Waals surface area contributed by atoms with E-state index in [1.54, 1.807) is 48.7 Å². The number of hydrogen-bond acceptors (Lipinski definition) is 11. The SMILES string of the molecule is COC(=O)c1ccc(C(=O)NCCCNC(=O)c2ccc(Nc3ncc4c(n3)-c3ccc(Cl)cc3C(c3c(F)cccc3OC)=NC4)cc2OC)cc1C#CCN. The van der Waals surface area contributed by atoms with E-state index in [0.29, 0.717) is 67.9 Å². The average molecular weight is 790 g/mol. The highest BCUT2D eigenvalue weighted by molar-refractivity contribution is 6.31. The smallest absolute Gasteiger partial charge is 0.339 e. The molecule has 0 fully saturated rings. The number of methoxy groups -OCH3 is 3. The molecular formula is C42H37ClFN7O6. The number of ether oxygens (including phenoxy) is 3. The molecule has 0 atom stereocenters. The number of halogens is 2. The Kier molecular flexibility index (Phi) is 12.7. The molecule has 1 aliphatic heterocycles. The highest BCUT2D eigenvalue weighted by atomic mass is 35.5. The molecule has 5 N–H and O–H groups in total. The number of nitrogens with two attached hydrogens (primary N) is 1. The van der Waals surface area contributed by atoms with Crippen LogP contribution in [-0.2, 0) is 11.3 Å². The predicted molar refractivity (Wildman–Crippen MR) is 214 cm³/mol. The highest BCUT2D eigenvalue weighted by Gasteiger charge is 2.26. The van der Waals surface area contributed by atoms with E-state index in [2.05, 4.69) is 32.8 Å². The summed E-state index contributed by atoms with van der Waals surface area (Å²) in [4.78, 5) is 52.1. The van der Waals surface area contributed by atoms with Gasteiger partial charge < -0.3 is 35.9 Å². The number of nitrogens with zero attached hydrogens (tertiary/aromatic N) is 3. The largest absolute Gasteiger partial charge is 0.496 e. The van der Waals surface area contributed by atoms with Crippen molar-refractivity contribution in [2.45, 2.75) is 13.0 Å². The van der Waals surface area contributed by atoms with Crippen LogP contribution in [0.4, 0.5) is 16.0 Å². The summed E-state index contributed by atoms with van der Waals surface area (Å²) < 4.78 is 31.1. The molecule has 290 valence electrons. The normalized spacial score (nSPS) is 11.4. The van der Waals surface area contributed by atoms with Gasteiger partial charge in [-0.2, -0.15) is 0 Å². The van der Waals surface area contributed by atoms with Crippen molar-refractivity contribution in [2.24, 2.45) is 10.7 Å². The topological polar surface area (TPSA) is 179 Å². The molecule has 1 aliphatic rings. The first-order chi connectivity index (χ1) is 27.6. The molecule has 2 heterocycles. The van der Waals surface area contributed by atoms with Crippen LogP contribution >= 0.6 is 11.6 Å². The maximum Gasteiger partial charge on any atom is 0.339 e. The second-order valence-corrected chi connectivity index (χ2v) is 12.8. The number of amides is 2. The lowest BCUT2D eigenvalue weighted by molar-refractivity contribution is 0.0599. The summed E-state index contributed by atoms with van der Waals surface area (Å²) in [7, 11) is 4.19. The minimum absolute atomic E-state index is 0.0855. The van der Waals surface area contributed by atoms with Crippen LogP contribution in [0.15, 0.2) is 84.0 Å². The number of rotatable bonds is 12. The second-order valence-electron chi connectivity index (χ2n) is 12.4. The number of aromatic nitrogens is 2. The van der Waals surface area contributed by atoms with Gasteiger partial charge in [0.25, 0.3) is 11.8 Å².